The molecular formula is C27H36N8O. The zero-order valence-corrected chi connectivity index (χ0v) is 22.0. The SMILES string of the molecule is CCOc1cc(N(C)CCN(C)C)c(NC)cc1Nc1nccc(-c2ccc3c(cnn3CC)c2)n1. The van der Waals surface area contributed by atoms with Gasteiger partial charge in [-0.15, -0.1) is 0 Å². The molecule has 0 fully saturated rings. The van der Waals surface area contributed by atoms with Gasteiger partial charge in [-0.1, -0.05) is 6.07 Å². The first-order chi connectivity index (χ1) is 17.4. The summed E-state index contributed by atoms with van der Waals surface area (Å²) in [4.78, 5) is 13.7. The quantitative estimate of drug-likeness (QED) is 0.315. The Bertz CT molecular complexity index is 1320. The summed E-state index contributed by atoms with van der Waals surface area (Å²) in [7, 11) is 8.18. The summed E-state index contributed by atoms with van der Waals surface area (Å²) in [6.07, 6.45) is 3.67. The third-order valence-corrected chi connectivity index (χ3v) is 6.10. The molecule has 0 bridgehead atoms. The van der Waals surface area contributed by atoms with E-state index >= 15 is 0 Å². The summed E-state index contributed by atoms with van der Waals surface area (Å²) >= 11 is 0. The fourth-order valence-electron chi connectivity index (χ4n) is 4.13. The van der Waals surface area contributed by atoms with E-state index in [0.29, 0.717) is 12.6 Å². The number of likely N-dealkylation sites (N-methyl/N-ethyl adjacent to an activating group) is 2. The Morgan fingerprint density at radius 1 is 1.00 bits per heavy atom. The molecule has 0 atom stereocenters. The topological polar surface area (TPSA) is 83.4 Å². The molecule has 0 radical (unpaired) electrons. The maximum absolute atomic E-state index is 6.01. The zero-order chi connectivity index (χ0) is 25.7. The molecule has 0 aliphatic carbocycles. The van der Waals surface area contributed by atoms with Gasteiger partial charge in [0.15, 0.2) is 0 Å². The van der Waals surface area contributed by atoms with Crippen LogP contribution >= 0.6 is 0 Å². The van der Waals surface area contributed by atoms with Crippen LogP contribution < -0.4 is 20.3 Å². The van der Waals surface area contributed by atoms with Crippen molar-refractivity contribution in [2.45, 2.75) is 20.4 Å². The highest BCUT2D eigenvalue weighted by Crippen LogP contribution is 2.38. The van der Waals surface area contributed by atoms with Crippen molar-refractivity contribution in [3.8, 4) is 17.0 Å². The number of benzene rings is 2. The Morgan fingerprint density at radius 2 is 1.83 bits per heavy atom. The maximum Gasteiger partial charge on any atom is 0.227 e. The van der Waals surface area contributed by atoms with E-state index in [0.717, 1.165) is 64.6 Å². The fourth-order valence-corrected chi connectivity index (χ4v) is 4.13. The molecule has 36 heavy (non-hydrogen) atoms. The standard InChI is InChI=1S/C27H36N8O/c1-7-35-24-10-9-19(15-20(24)18-30-35)21-11-12-29-27(31-21)32-23-16-22(28-3)25(17-26(23)36-8-2)34(6)14-13-33(4)5/h9-12,15-18,28H,7-8,13-14H2,1-6H3,(H,29,31,32). The number of hydrogen-bond donors (Lipinski definition) is 2. The number of nitrogens with one attached hydrogen (secondary N) is 2. The van der Waals surface area contributed by atoms with Crippen LogP contribution in [0.3, 0.4) is 0 Å². The largest absolute Gasteiger partial charge is 0.492 e. The summed E-state index contributed by atoms with van der Waals surface area (Å²) in [5.74, 6) is 1.26. The third kappa shape index (κ3) is 5.52. The third-order valence-electron chi connectivity index (χ3n) is 6.10. The average Bonchev–Trinajstić information content (AvgIpc) is 3.30. The van der Waals surface area contributed by atoms with Gasteiger partial charge in [0.25, 0.3) is 0 Å². The van der Waals surface area contributed by atoms with Crippen LogP contribution in [0.1, 0.15) is 13.8 Å². The van der Waals surface area contributed by atoms with Crippen molar-refractivity contribution >= 4 is 33.9 Å². The molecule has 0 aliphatic heterocycles. The van der Waals surface area contributed by atoms with E-state index in [1.165, 1.54) is 0 Å². The van der Waals surface area contributed by atoms with Gasteiger partial charge in [-0.25, -0.2) is 9.97 Å². The lowest BCUT2D eigenvalue weighted by Crippen LogP contribution is -2.29. The van der Waals surface area contributed by atoms with Gasteiger partial charge in [0, 0.05) is 56.9 Å². The predicted molar refractivity (Wildman–Crippen MR) is 149 cm³/mol. The first kappa shape index (κ1) is 25.2. The van der Waals surface area contributed by atoms with Crippen LogP contribution in [0, 0.1) is 0 Å². The monoisotopic (exact) mass is 488 g/mol. The Labute approximate surface area is 213 Å². The summed E-state index contributed by atoms with van der Waals surface area (Å²) in [5, 5.41) is 12.2. The number of fused-ring (bicyclic) bond motifs is 1. The molecule has 0 saturated carbocycles. The molecule has 2 heterocycles. The highest BCUT2D eigenvalue weighted by Gasteiger charge is 2.15. The molecule has 0 aliphatic rings. The van der Waals surface area contributed by atoms with Crippen LogP contribution in [0.2, 0.25) is 0 Å². The molecular weight excluding hydrogens is 452 g/mol. The molecule has 9 nitrogen and oxygen atoms in total. The summed E-state index contributed by atoms with van der Waals surface area (Å²) in [6.45, 7) is 7.32. The van der Waals surface area contributed by atoms with E-state index in [9.17, 15) is 0 Å². The lowest BCUT2D eigenvalue weighted by Gasteiger charge is -2.26. The lowest BCUT2D eigenvalue weighted by atomic mass is 10.1. The van der Waals surface area contributed by atoms with E-state index in [2.05, 4.69) is 82.8 Å². The molecule has 2 aromatic heterocycles. The number of nitrogens with zero attached hydrogens (tertiary/aromatic N) is 6. The van der Waals surface area contributed by atoms with Crippen LogP contribution in [-0.4, -0.2) is 72.5 Å². The molecule has 0 amide bonds. The van der Waals surface area contributed by atoms with Crippen molar-refractivity contribution in [3.05, 3.63) is 48.8 Å². The van der Waals surface area contributed by atoms with Crippen molar-refractivity contribution < 1.29 is 4.74 Å². The molecule has 4 rings (SSSR count). The van der Waals surface area contributed by atoms with Gasteiger partial charge >= 0.3 is 0 Å². The van der Waals surface area contributed by atoms with Crippen molar-refractivity contribution in [2.24, 2.45) is 0 Å². The highest BCUT2D eigenvalue weighted by atomic mass is 16.5. The molecule has 2 aromatic carbocycles. The van der Waals surface area contributed by atoms with E-state index in [-0.39, 0.29) is 0 Å². The van der Waals surface area contributed by atoms with Crippen molar-refractivity contribution in [2.75, 3.05) is 63.4 Å². The molecule has 0 spiro atoms. The smallest absolute Gasteiger partial charge is 0.227 e. The minimum atomic E-state index is 0.508. The van der Waals surface area contributed by atoms with Gasteiger partial charge in [-0.3, -0.25) is 4.68 Å². The second kappa shape index (κ2) is 11.3. The van der Waals surface area contributed by atoms with Crippen LogP contribution in [0.5, 0.6) is 5.75 Å². The fraction of sp³-hybridized carbons (Fsp3) is 0.370. The summed E-state index contributed by atoms with van der Waals surface area (Å²) < 4.78 is 8.00. The van der Waals surface area contributed by atoms with E-state index in [4.69, 9.17) is 9.72 Å². The van der Waals surface area contributed by atoms with Crippen molar-refractivity contribution in [1.82, 2.24) is 24.6 Å². The first-order valence-electron chi connectivity index (χ1n) is 12.3. The minimum Gasteiger partial charge on any atom is -0.492 e. The molecule has 190 valence electrons. The molecule has 2 N–H and O–H groups in total. The van der Waals surface area contributed by atoms with Gasteiger partial charge in [0.05, 0.1) is 41.1 Å². The highest BCUT2D eigenvalue weighted by molar-refractivity contribution is 5.84. The van der Waals surface area contributed by atoms with Crippen LogP contribution in [0.4, 0.5) is 23.0 Å². The second-order valence-corrected chi connectivity index (χ2v) is 8.90. The van der Waals surface area contributed by atoms with E-state index < -0.39 is 0 Å². The summed E-state index contributed by atoms with van der Waals surface area (Å²) in [5.41, 5.74) is 5.85. The zero-order valence-electron chi connectivity index (χ0n) is 22.0. The predicted octanol–water partition coefficient (Wildman–Crippen LogP) is 4.70. The first-order valence-corrected chi connectivity index (χ1v) is 12.3. The Hall–Kier alpha value is -3.85. The minimum absolute atomic E-state index is 0.508. The number of ether oxygens (including phenoxy) is 1. The van der Waals surface area contributed by atoms with E-state index in [1.54, 1.807) is 6.20 Å². The Morgan fingerprint density at radius 3 is 2.56 bits per heavy atom. The van der Waals surface area contributed by atoms with Gasteiger partial charge < -0.3 is 25.2 Å². The number of hydrogen-bond acceptors (Lipinski definition) is 8. The van der Waals surface area contributed by atoms with Gasteiger partial charge in [0.1, 0.15) is 5.75 Å². The maximum atomic E-state index is 6.01. The molecule has 9 heteroatoms. The molecule has 4 aromatic rings. The van der Waals surface area contributed by atoms with E-state index in [1.807, 2.05) is 37.0 Å². The van der Waals surface area contributed by atoms with Crippen molar-refractivity contribution in [1.29, 1.82) is 0 Å². The van der Waals surface area contributed by atoms with Crippen molar-refractivity contribution in [3.63, 3.8) is 0 Å². The molecule has 0 unspecified atom stereocenters. The normalized spacial score (nSPS) is 11.2. The van der Waals surface area contributed by atoms with Crippen LogP contribution in [0.25, 0.3) is 22.2 Å². The lowest BCUT2D eigenvalue weighted by molar-refractivity contribution is 0.342. The van der Waals surface area contributed by atoms with Crippen LogP contribution in [-0.2, 0) is 6.54 Å². The number of aryl methyl sites for hydroxylation is 1. The average molecular weight is 489 g/mol. The van der Waals surface area contributed by atoms with Gasteiger partial charge in [0.2, 0.25) is 5.95 Å². The Kier molecular flexibility index (Phi) is 7.90. The van der Waals surface area contributed by atoms with Gasteiger partial charge in [-0.2, -0.15) is 5.10 Å². The second-order valence-electron chi connectivity index (χ2n) is 8.90. The Balaban J connectivity index is 1.64. The number of rotatable bonds is 11. The summed E-state index contributed by atoms with van der Waals surface area (Å²) in [6, 6.07) is 12.3. The van der Waals surface area contributed by atoms with Crippen LogP contribution in [0.15, 0.2) is 48.8 Å². The molecule has 0 saturated heterocycles. The number of anilines is 4. The number of aromatic nitrogens is 4. The van der Waals surface area contributed by atoms with Gasteiger partial charge in [-0.05, 0) is 52.2 Å².